The van der Waals surface area contributed by atoms with E-state index in [1.54, 1.807) is 0 Å². The van der Waals surface area contributed by atoms with E-state index >= 15 is 0 Å². The van der Waals surface area contributed by atoms with Gasteiger partial charge < -0.3 is 38.9 Å². The van der Waals surface area contributed by atoms with Crippen molar-refractivity contribution in [3.63, 3.8) is 0 Å². The van der Waals surface area contributed by atoms with Gasteiger partial charge in [0.2, 0.25) is 0 Å². The molecule has 4 unspecified atom stereocenters. The molecule has 9 heterocycles. The Bertz CT molecular complexity index is 1580. The number of nitrogens with zero attached hydrogens (tertiary/aromatic N) is 6. The van der Waals surface area contributed by atoms with Crippen LogP contribution >= 0.6 is 0 Å². The van der Waals surface area contributed by atoms with Crippen molar-refractivity contribution < 1.29 is 9.47 Å². The van der Waals surface area contributed by atoms with Gasteiger partial charge in [0.15, 0.2) is 0 Å². The first-order valence-electron chi connectivity index (χ1n) is 32.0. The quantitative estimate of drug-likeness (QED) is 0.134. The highest BCUT2D eigenvalue weighted by molar-refractivity contribution is 5.09. The first-order chi connectivity index (χ1) is 36.1. The first kappa shape index (κ1) is 68.4. The molecule has 6 bridgehead atoms. The van der Waals surface area contributed by atoms with Crippen molar-refractivity contribution in [1.82, 2.24) is 29.4 Å². The maximum atomic E-state index is 5.56. The lowest BCUT2D eigenvalue weighted by molar-refractivity contribution is 0.00123. The summed E-state index contributed by atoms with van der Waals surface area (Å²) in [6, 6.07) is 4.66. The smallest absolute Gasteiger partial charge is 0.0671 e. The topological polar surface area (TPSA) is 37.9 Å². The largest absolute Gasteiger partial charge is 0.378 e. The zero-order valence-electron chi connectivity index (χ0n) is 52.3. The van der Waals surface area contributed by atoms with Gasteiger partial charge in [0.1, 0.15) is 0 Å². The van der Waals surface area contributed by atoms with Crippen molar-refractivity contribution >= 4 is 0 Å². The number of ether oxygens (including phenoxy) is 2. The van der Waals surface area contributed by atoms with Crippen molar-refractivity contribution in [1.29, 1.82) is 0 Å². The Morgan fingerprint density at radius 2 is 0.558 bits per heavy atom. The van der Waals surface area contributed by atoms with Crippen LogP contribution < -0.4 is 0 Å². The molecule has 0 aliphatic carbocycles. The lowest BCUT2D eigenvalue weighted by Crippen LogP contribution is -2.44. The predicted octanol–water partition coefficient (Wildman–Crippen LogP) is 17.3. The Balaban J connectivity index is 0.000000243. The van der Waals surface area contributed by atoms with Crippen LogP contribution in [0.5, 0.6) is 0 Å². The predicted molar refractivity (Wildman–Crippen MR) is 337 cm³/mol. The van der Waals surface area contributed by atoms with Gasteiger partial charge in [-0.1, -0.05) is 130 Å². The summed E-state index contributed by atoms with van der Waals surface area (Å²) < 4.78 is 10.8. The van der Waals surface area contributed by atoms with Gasteiger partial charge >= 0.3 is 0 Å². The number of fused-ring (bicyclic) bond motifs is 6. The molecule has 4 atom stereocenters. The van der Waals surface area contributed by atoms with Crippen LogP contribution in [0.1, 0.15) is 232 Å². The molecule has 0 N–H and O–H groups in total. The molecule has 9 rings (SSSR count). The van der Waals surface area contributed by atoms with Crippen molar-refractivity contribution in [2.45, 2.75) is 268 Å². The molecule has 446 valence electrons. The average Bonchev–Trinajstić information content (AvgIpc) is 4.22. The molecule has 8 heteroatoms. The van der Waals surface area contributed by atoms with E-state index in [2.05, 4.69) is 152 Å². The zero-order chi connectivity index (χ0) is 55.9. The Morgan fingerprint density at radius 1 is 0.312 bits per heavy atom. The van der Waals surface area contributed by atoms with E-state index in [0.29, 0.717) is 23.9 Å². The molecule has 9 aliphatic heterocycles. The maximum Gasteiger partial charge on any atom is 0.0671 e. The summed E-state index contributed by atoms with van der Waals surface area (Å²) in [5, 5.41) is 0. The van der Waals surface area contributed by atoms with Gasteiger partial charge in [0.05, 0.1) is 38.5 Å². The van der Waals surface area contributed by atoms with E-state index in [1.165, 1.54) is 189 Å². The fourth-order valence-electron chi connectivity index (χ4n) is 13.9. The average molecular weight is 1070 g/mol. The molecule has 77 heavy (non-hydrogen) atoms. The Labute approximate surface area is 479 Å². The monoisotopic (exact) mass is 1070 g/mol. The molecule has 9 aliphatic rings. The van der Waals surface area contributed by atoms with Crippen molar-refractivity contribution in [2.24, 2.45) is 35.5 Å². The standard InChI is InChI=1S/C13H23N.C12H21NO.C12H21N.C11H21N.C10H19NO.C10H19N.CH4/c1-10(2)9-11(3)14-12-5-4-6-13(14)8-7-12;1-9(2)6-10(3)13-11-4-5-12(13)8-14-7-11;1-9(2)8-10(3)13-11-4-5-12(13)7-6-11;1-10(2)9-11(3)12-7-5-4-6-8-12;1-9(2)8-10(3)11-4-6-12-7-5-11;1-9(2)8-10(3)11-6-4-5-7-11;/h10,12-13H,3-9H2,1-2H3;9,11-12H,3-8H2,1-2H3;9,11-12H,3-8H2,1-2H3;10H,3-9H2,1-2H3;9H,3-8H2,1-2H3;9H,3-8H2,1-2H3;1H4. The fourth-order valence-corrected chi connectivity index (χ4v) is 13.9. The van der Waals surface area contributed by atoms with Crippen molar-refractivity contribution in [2.75, 3.05) is 65.7 Å². The van der Waals surface area contributed by atoms with Crippen LogP contribution in [0.25, 0.3) is 0 Å². The number of allylic oxidation sites excluding steroid dienone is 6. The number of likely N-dealkylation sites (tertiary alicyclic amines) is 2. The molecule has 0 aromatic carbocycles. The lowest BCUT2D eigenvalue weighted by atomic mass is 9.99. The summed E-state index contributed by atoms with van der Waals surface area (Å²) in [6.07, 6.45) is 29.2. The first-order valence-corrected chi connectivity index (χ1v) is 32.0. The lowest BCUT2D eigenvalue weighted by Gasteiger charge is -2.38. The number of piperidine rings is 2. The van der Waals surface area contributed by atoms with E-state index < -0.39 is 0 Å². The summed E-state index contributed by atoms with van der Waals surface area (Å²) in [5.74, 6) is 4.43. The van der Waals surface area contributed by atoms with Crippen molar-refractivity contribution in [3.05, 3.63) is 73.7 Å². The number of rotatable bonds is 18. The second-order valence-corrected chi connectivity index (χ2v) is 27.2. The third-order valence-electron chi connectivity index (χ3n) is 17.2. The Kier molecular flexibility index (Phi) is 31.8. The highest BCUT2D eigenvalue weighted by atomic mass is 16.5. The van der Waals surface area contributed by atoms with Gasteiger partial charge in [0, 0.05) is 97.6 Å². The zero-order valence-corrected chi connectivity index (χ0v) is 52.3. The van der Waals surface area contributed by atoms with Gasteiger partial charge in [-0.05, 0) is 177 Å². The second kappa shape index (κ2) is 35.8. The molecule has 0 aromatic heterocycles. The fraction of sp³-hybridized carbons (Fsp3) is 0.826. The van der Waals surface area contributed by atoms with Crippen LogP contribution in [0, 0.1) is 35.5 Å². The van der Waals surface area contributed by atoms with Gasteiger partial charge in [-0.25, -0.2) is 0 Å². The minimum absolute atomic E-state index is 0. The number of hydrogen-bond donors (Lipinski definition) is 0. The van der Waals surface area contributed by atoms with Gasteiger partial charge in [-0.3, -0.25) is 0 Å². The highest BCUT2D eigenvalue weighted by Gasteiger charge is 2.40. The van der Waals surface area contributed by atoms with Crippen LogP contribution in [0.2, 0.25) is 0 Å². The molecule has 0 radical (unpaired) electrons. The summed E-state index contributed by atoms with van der Waals surface area (Å²) >= 11 is 0. The van der Waals surface area contributed by atoms with Crippen LogP contribution in [-0.4, -0.2) is 131 Å². The third-order valence-corrected chi connectivity index (χ3v) is 17.2. The summed E-state index contributed by atoms with van der Waals surface area (Å²) in [6.45, 7) is 62.8. The molecule has 0 saturated carbocycles. The summed E-state index contributed by atoms with van der Waals surface area (Å²) in [5.41, 5.74) is 8.11. The molecule has 0 amide bonds. The Hall–Kier alpha value is -2.84. The molecule has 0 spiro atoms. The third kappa shape index (κ3) is 24.0. The second-order valence-electron chi connectivity index (χ2n) is 27.2. The van der Waals surface area contributed by atoms with Crippen LogP contribution in [0.15, 0.2) is 73.7 Å². The van der Waals surface area contributed by atoms with Crippen molar-refractivity contribution in [3.8, 4) is 0 Å². The van der Waals surface area contributed by atoms with Gasteiger partial charge in [0.25, 0.3) is 0 Å². The SMILES string of the molecule is C.C=C(CC(C)C)N1C2CCC1CC2.C=C(CC(C)C)N1C2CCC1COC2.C=C(CC(C)C)N1C2CCCC1CC2.C=C(CC(C)C)N1CCCC1.C=C(CC(C)C)N1CCCCC1.C=C(CC(C)C)N1CCOCC1. The molecular weight excluding hydrogens is 945 g/mol. The van der Waals surface area contributed by atoms with Crippen LogP contribution in [0.3, 0.4) is 0 Å². The number of hydrogen-bond acceptors (Lipinski definition) is 8. The van der Waals surface area contributed by atoms with E-state index in [1.807, 2.05) is 0 Å². The molecular formula is C69H128N6O2. The molecule has 9 fully saturated rings. The van der Waals surface area contributed by atoms with Gasteiger partial charge in [-0.15, -0.1) is 0 Å². The molecule has 9 saturated heterocycles. The summed E-state index contributed by atoms with van der Waals surface area (Å²) in [4.78, 5) is 15.0. The molecule has 0 aromatic rings. The van der Waals surface area contributed by atoms with Crippen LogP contribution in [-0.2, 0) is 9.47 Å². The maximum absolute atomic E-state index is 5.56. The molecule has 8 nitrogen and oxygen atoms in total. The minimum Gasteiger partial charge on any atom is -0.378 e. The van der Waals surface area contributed by atoms with Crippen LogP contribution in [0.4, 0.5) is 0 Å². The Morgan fingerprint density at radius 3 is 0.870 bits per heavy atom. The highest BCUT2D eigenvalue weighted by Crippen LogP contribution is 2.41. The summed E-state index contributed by atoms with van der Waals surface area (Å²) in [7, 11) is 0. The van der Waals surface area contributed by atoms with E-state index in [0.717, 1.165) is 100 Å². The minimum atomic E-state index is 0. The van der Waals surface area contributed by atoms with E-state index in [4.69, 9.17) is 9.47 Å². The normalized spacial score (nSPS) is 25.0. The van der Waals surface area contributed by atoms with E-state index in [-0.39, 0.29) is 7.43 Å². The van der Waals surface area contributed by atoms with E-state index in [9.17, 15) is 0 Å². The van der Waals surface area contributed by atoms with Gasteiger partial charge in [-0.2, -0.15) is 0 Å². The number of morpholine rings is 2.